The molecule has 0 unspecified atom stereocenters. The van der Waals surface area contributed by atoms with Crippen LogP contribution in [0, 0.1) is 5.82 Å². The minimum Gasteiger partial charge on any atom is -0.342 e. The molecule has 1 fully saturated rings. The van der Waals surface area contributed by atoms with E-state index in [9.17, 15) is 18.8 Å². The van der Waals surface area contributed by atoms with Crippen molar-refractivity contribution in [1.29, 1.82) is 0 Å². The molecular formula is C16H20FN3O3. The average Bonchev–Trinajstić information content (AvgIpc) is 2.73. The molecule has 1 heterocycles. The highest BCUT2D eigenvalue weighted by Crippen LogP contribution is 2.25. The molecule has 0 spiro atoms. The zero-order valence-corrected chi connectivity index (χ0v) is 13.5. The highest BCUT2D eigenvalue weighted by atomic mass is 19.1. The van der Waals surface area contributed by atoms with Crippen LogP contribution in [0.3, 0.4) is 0 Å². The highest BCUT2D eigenvalue weighted by molar-refractivity contribution is 6.15. The summed E-state index contributed by atoms with van der Waals surface area (Å²) in [7, 11) is 0. The normalized spacial score (nSPS) is 17.8. The lowest BCUT2D eigenvalue weighted by atomic mass is 10.2. The summed E-state index contributed by atoms with van der Waals surface area (Å²) < 4.78 is 13.0. The van der Waals surface area contributed by atoms with Gasteiger partial charge in [-0.2, -0.15) is 0 Å². The molecule has 6 nitrogen and oxygen atoms in total. The maximum Gasteiger partial charge on any atom is 0.332 e. The van der Waals surface area contributed by atoms with Gasteiger partial charge in [0.15, 0.2) is 0 Å². The largest absolute Gasteiger partial charge is 0.342 e. The lowest BCUT2D eigenvalue weighted by Gasteiger charge is -2.22. The van der Waals surface area contributed by atoms with Gasteiger partial charge in [0.2, 0.25) is 5.91 Å². The van der Waals surface area contributed by atoms with Gasteiger partial charge in [-0.05, 0) is 45.0 Å². The molecule has 4 amide bonds. The number of carbonyl (C=O) groups excluding carboxylic acids is 3. The summed E-state index contributed by atoms with van der Waals surface area (Å²) in [6, 6.07) is 4.04. The van der Waals surface area contributed by atoms with Crippen molar-refractivity contribution in [3.05, 3.63) is 30.1 Å². The zero-order valence-electron chi connectivity index (χ0n) is 13.5. The molecule has 1 aromatic rings. The number of imide groups is 1. The molecule has 0 bridgehead atoms. The van der Waals surface area contributed by atoms with Gasteiger partial charge in [-0.15, -0.1) is 0 Å². The van der Waals surface area contributed by atoms with Crippen molar-refractivity contribution in [1.82, 2.24) is 9.80 Å². The number of carbonyl (C=O) groups is 3. The Balaban J connectivity index is 2.21. The molecule has 0 aliphatic carbocycles. The summed E-state index contributed by atoms with van der Waals surface area (Å²) in [4.78, 5) is 40.8. The number of urea groups is 1. The first kappa shape index (κ1) is 16.9. The van der Waals surface area contributed by atoms with E-state index >= 15 is 0 Å². The minimum atomic E-state index is -0.725. The van der Waals surface area contributed by atoms with Gasteiger partial charge < -0.3 is 4.90 Å². The molecule has 1 atom stereocenters. The standard InChI is InChI=1S/C16H20FN3O3/c1-4-18(5-2)14(21)10-19-15(22)11(3)20(16(19)23)13-8-6-12(17)7-9-13/h6-9,11H,4-5,10H2,1-3H3/t11-/m0/s1. The molecule has 0 aromatic heterocycles. The highest BCUT2D eigenvalue weighted by Gasteiger charge is 2.44. The van der Waals surface area contributed by atoms with Crippen molar-refractivity contribution in [2.24, 2.45) is 0 Å². The van der Waals surface area contributed by atoms with E-state index in [0.29, 0.717) is 18.8 Å². The summed E-state index contributed by atoms with van der Waals surface area (Å²) in [5.41, 5.74) is 0.426. The average molecular weight is 321 g/mol. The topological polar surface area (TPSA) is 60.9 Å². The van der Waals surface area contributed by atoms with Crippen LogP contribution in [0.25, 0.3) is 0 Å². The van der Waals surface area contributed by atoms with E-state index in [4.69, 9.17) is 0 Å². The van der Waals surface area contributed by atoms with E-state index in [0.717, 1.165) is 4.90 Å². The van der Waals surface area contributed by atoms with E-state index in [1.54, 1.807) is 11.8 Å². The van der Waals surface area contributed by atoms with Crippen molar-refractivity contribution in [3.63, 3.8) is 0 Å². The van der Waals surface area contributed by atoms with Crippen molar-refractivity contribution in [2.75, 3.05) is 24.5 Å². The Bertz CT molecular complexity index is 614. The number of rotatable bonds is 5. The first-order chi connectivity index (χ1) is 10.9. The van der Waals surface area contributed by atoms with Gasteiger partial charge in [-0.1, -0.05) is 0 Å². The summed E-state index contributed by atoms with van der Waals surface area (Å²) in [6.07, 6.45) is 0. The number of hydrogen-bond acceptors (Lipinski definition) is 3. The van der Waals surface area contributed by atoms with Crippen LogP contribution in [0.2, 0.25) is 0 Å². The second-order valence-corrected chi connectivity index (χ2v) is 5.30. The van der Waals surface area contributed by atoms with Crippen molar-refractivity contribution in [3.8, 4) is 0 Å². The predicted molar refractivity (Wildman–Crippen MR) is 83.4 cm³/mol. The Morgan fingerprint density at radius 2 is 1.74 bits per heavy atom. The van der Waals surface area contributed by atoms with Crippen LogP contribution >= 0.6 is 0 Å². The van der Waals surface area contributed by atoms with Crippen molar-refractivity contribution < 1.29 is 18.8 Å². The third-order valence-electron chi connectivity index (χ3n) is 3.96. The monoisotopic (exact) mass is 321 g/mol. The Morgan fingerprint density at radius 1 is 1.17 bits per heavy atom. The second-order valence-electron chi connectivity index (χ2n) is 5.30. The van der Waals surface area contributed by atoms with Crippen LogP contribution < -0.4 is 4.90 Å². The number of hydrogen-bond donors (Lipinski definition) is 0. The first-order valence-electron chi connectivity index (χ1n) is 7.58. The molecule has 1 aliphatic rings. The van der Waals surface area contributed by atoms with Gasteiger partial charge in [0.05, 0.1) is 0 Å². The molecule has 0 N–H and O–H groups in total. The number of halogens is 1. The lowest BCUT2D eigenvalue weighted by Crippen LogP contribution is -2.43. The minimum absolute atomic E-state index is 0.273. The lowest BCUT2D eigenvalue weighted by molar-refractivity contribution is -0.136. The smallest absolute Gasteiger partial charge is 0.332 e. The van der Waals surface area contributed by atoms with E-state index in [1.807, 2.05) is 13.8 Å². The molecule has 23 heavy (non-hydrogen) atoms. The van der Waals surface area contributed by atoms with Crippen molar-refractivity contribution in [2.45, 2.75) is 26.8 Å². The quantitative estimate of drug-likeness (QED) is 0.778. The SMILES string of the molecule is CCN(CC)C(=O)CN1C(=O)[C@H](C)N(c2ccc(F)cc2)C1=O. The molecular weight excluding hydrogens is 301 g/mol. The molecule has 1 aromatic carbocycles. The van der Waals surface area contributed by atoms with Crippen molar-refractivity contribution >= 4 is 23.5 Å². The number of amides is 4. The van der Waals surface area contributed by atoms with E-state index in [-0.39, 0.29) is 12.5 Å². The number of nitrogens with zero attached hydrogens (tertiary/aromatic N) is 3. The Hall–Kier alpha value is -2.44. The summed E-state index contributed by atoms with van der Waals surface area (Å²) in [5.74, 6) is -1.13. The number of likely N-dealkylation sites (N-methyl/N-ethyl adjacent to an activating group) is 1. The van der Waals surface area contributed by atoms with Gasteiger partial charge in [0, 0.05) is 18.8 Å². The predicted octanol–water partition coefficient (Wildman–Crippen LogP) is 1.85. The molecule has 1 aliphatic heterocycles. The fourth-order valence-corrected chi connectivity index (χ4v) is 2.62. The van der Waals surface area contributed by atoms with Crippen LogP contribution in [-0.4, -0.2) is 53.3 Å². The van der Waals surface area contributed by atoms with Crippen LogP contribution in [0.5, 0.6) is 0 Å². The molecule has 2 rings (SSSR count). The van der Waals surface area contributed by atoms with E-state index < -0.39 is 23.8 Å². The number of benzene rings is 1. The maximum atomic E-state index is 13.0. The maximum absolute atomic E-state index is 13.0. The molecule has 0 radical (unpaired) electrons. The Labute approximate surface area is 134 Å². The summed E-state index contributed by atoms with van der Waals surface area (Å²) in [5, 5.41) is 0. The van der Waals surface area contributed by atoms with Gasteiger partial charge in [0.1, 0.15) is 18.4 Å². The van der Waals surface area contributed by atoms with Crippen LogP contribution in [0.15, 0.2) is 24.3 Å². The molecule has 7 heteroatoms. The third-order valence-corrected chi connectivity index (χ3v) is 3.96. The van der Waals surface area contributed by atoms with Gasteiger partial charge in [-0.3, -0.25) is 19.4 Å². The molecule has 0 saturated carbocycles. The van der Waals surface area contributed by atoms with Gasteiger partial charge >= 0.3 is 6.03 Å². The number of anilines is 1. The molecule has 124 valence electrons. The fourth-order valence-electron chi connectivity index (χ4n) is 2.62. The van der Waals surface area contributed by atoms with Gasteiger partial charge in [-0.25, -0.2) is 9.18 Å². The summed E-state index contributed by atoms with van der Waals surface area (Å²) in [6.45, 7) is 6.02. The second kappa shape index (κ2) is 6.76. The van der Waals surface area contributed by atoms with E-state index in [2.05, 4.69) is 0 Å². The Morgan fingerprint density at radius 3 is 2.26 bits per heavy atom. The first-order valence-corrected chi connectivity index (χ1v) is 7.58. The van der Waals surface area contributed by atoms with E-state index in [1.165, 1.54) is 29.2 Å². The third kappa shape index (κ3) is 3.18. The summed E-state index contributed by atoms with van der Waals surface area (Å²) >= 11 is 0. The Kier molecular flexibility index (Phi) is 4.98. The van der Waals surface area contributed by atoms with Crippen LogP contribution in [0.4, 0.5) is 14.9 Å². The fraction of sp³-hybridized carbons (Fsp3) is 0.438. The van der Waals surface area contributed by atoms with Crippen LogP contribution in [-0.2, 0) is 9.59 Å². The zero-order chi connectivity index (χ0) is 17.1. The van der Waals surface area contributed by atoms with Gasteiger partial charge in [0.25, 0.3) is 5.91 Å². The molecule has 1 saturated heterocycles. The van der Waals surface area contributed by atoms with Crippen LogP contribution in [0.1, 0.15) is 20.8 Å².